The molecule has 30 heavy (non-hydrogen) atoms. The molecule has 0 saturated heterocycles. The van der Waals surface area contributed by atoms with E-state index in [2.05, 4.69) is 15.6 Å². The second-order valence-corrected chi connectivity index (χ2v) is 7.72. The maximum atomic E-state index is 12.4. The first-order valence-corrected chi connectivity index (χ1v) is 10.0. The van der Waals surface area contributed by atoms with Crippen molar-refractivity contribution in [2.75, 3.05) is 5.32 Å². The maximum absolute atomic E-state index is 12.4. The van der Waals surface area contributed by atoms with Crippen LogP contribution < -0.4 is 10.6 Å². The van der Waals surface area contributed by atoms with Crippen LogP contribution in [0.5, 0.6) is 0 Å². The summed E-state index contributed by atoms with van der Waals surface area (Å²) < 4.78 is 5.91. The summed E-state index contributed by atoms with van der Waals surface area (Å²) in [4.78, 5) is 17.0. The van der Waals surface area contributed by atoms with E-state index in [0.717, 1.165) is 33.5 Å². The molecule has 3 aromatic carbocycles. The lowest BCUT2D eigenvalue weighted by Gasteiger charge is -2.13. The van der Waals surface area contributed by atoms with Gasteiger partial charge in [-0.3, -0.25) is 10.1 Å². The fraction of sp³-hybridized carbons (Fsp3) is 0.0870. The minimum absolute atomic E-state index is 0.174. The highest BCUT2D eigenvalue weighted by Crippen LogP contribution is 2.28. The van der Waals surface area contributed by atoms with Gasteiger partial charge in [0.1, 0.15) is 5.52 Å². The normalized spacial score (nSPS) is 10.8. The molecule has 1 amide bonds. The van der Waals surface area contributed by atoms with Crippen LogP contribution in [0.25, 0.3) is 22.6 Å². The summed E-state index contributed by atoms with van der Waals surface area (Å²) in [5.41, 5.74) is 5.51. The number of carbonyl (C=O) groups excluding carboxylic acids is 1. The third-order valence-corrected chi connectivity index (χ3v) is 5.16. The van der Waals surface area contributed by atoms with Crippen molar-refractivity contribution in [2.45, 2.75) is 13.8 Å². The topological polar surface area (TPSA) is 67.2 Å². The molecule has 0 atom stereocenters. The number of oxazole rings is 1. The average molecular weight is 436 g/mol. The molecule has 0 aliphatic heterocycles. The number of rotatable bonds is 3. The van der Waals surface area contributed by atoms with Crippen molar-refractivity contribution >= 4 is 51.6 Å². The number of benzene rings is 3. The number of aromatic nitrogens is 1. The van der Waals surface area contributed by atoms with E-state index in [0.29, 0.717) is 16.5 Å². The molecular weight excluding hydrogens is 418 g/mol. The molecule has 4 rings (SSSR count). The van der Waals surface area contributed by atoms with Gasteiger partial charge < -0.3 is 9.73 Å². The van der Waals surface area contributed by atoms with Gasteiger partial charge in [-0.15, -0.1) is 0 Å². The Morgan fingerprint density at radius 1 is 1.07 bits per heavy atom. The van der Waals surface area contributed by atoms with E-state index < -0.39 is 0 Å². The molecule has 150 valence electrons. The van der Waals surface area contributed by atoms with Crippen LogP contribution in [0.4, 0.5) is 5.69 Å². The number of nitrogens with one attached hydrogen (secondary N) is 2. The molecule has 0 fully saturated rings. The maximum Gasteiger partial charge on any atom is 0.258 e. The van der Waals surface area contributed by atoms with Crippen molar-refractivity contribution in [1.82, 2.24) is 10.3 Å². The van der Waals surface area contributed by atoms with Crippen molar-refractivity contribution in [3.63, 3.8) is 0 Å². The van der Waals surface area contributed by atoms with Gasteiger partial charge in [0, 0.05) is 11.3 Å². The lowest BCUT2D eigenvalue weighted by Crippen LogP contribution is -2.34. The van der Waals surface area contributed by atoms with Crippen LogP contribution in [0, 0.1) is 13.8 Å². The molecule has 0 spiro atoms. The molecule has 0 saturated carbocycles. The van der Waals surface area contributed by atoms with Crippen LogP contribution in [-0.4, -0.2) is 16.0 Å². The zero-order valence-corrected chi connectivity index (χ0v) is 17.9. The molecule has 0 radical (unpaired) electrons. The fourth-order valence-corrected chi connectivity index (χ4v) is 3.44. The summed E-state index contributed by atoms with van der Waals surface area (Å²) in [6.45, 7) is 3.95. The Kier molecular flexibility index (Phi) is 5.53. The first-order chi connectivity index (χ1) is 14.4. The van der Waals surface area contributed by atoms with Gasteiger partial charge in [-0.2, -0.15) is 0 Å². The summed E-state index contributed by atoms with van der Waals surface area (Å²) >= 11 is 11.4. The summed E-state index contributed by atoms with van der Waals surface area (Å²) in [6.07, 6.45) is 0. The molecule has 0 unspecified atom stereocenters. The predicted molar refractivity (Wildman–Crippen MR) is 124 cm³/mol. The minimum Gasteiger partial charge on any atom is -0.436 e. The molecule has 0 bridgehead atoms. The summed E-state index contributed by atoms with van der Waals surface area (Å²) in [5, 5.41) is 6.27. The number of carbonyl (C=O) groups is 1. The molecule has 5 nitrogen and oxygen atoms in total. The second-order valence-electron chi connectivity index (χ2n) is 6.91. The zero-order valence-electron chi connectivity index (χ0n) is 16.3. The standard InChI is InChI=1S/C23H18ClN3O2S/c1-13-7-10-18-20(11-13)29-22(25-18)15-9-8-14(2)19(12-15)26-23(30)27-21(28)16-5-3-4-6-17(16)24/h3-12H,1-2H3,(H2,26,27,28,30). The SMILES string of the molecule is Cc1ccc2nc(-c3ccc(C)c(NC(=S)NC(=O)c4ccccc4Cl)c3)oc2c1. The molecule has 1 heterocycles. The first kappa shape index (κ1) is 20.1. The highest BCUT2D eigenvalue weighted by molar-refractivity contribution is 7.80. The van der Waals surface area contributed by atoms with Crippen molar-refractivity contribution in [3.8, 4) is 11.5 Å². The number of fused-ring (bicyclic) bond motifs is 1. The number of amides is 1. The highest BCUT2D eigenvalue weighted by Gasteiger charge is 2.14. The van der Waals surface area contributed by atoms with Gasteiger partial charge in [0.15, 0.2) is 10.7 Å². The Bertz CT molecular complexity index is 1280. The van der Waals surface area contributed by atoms with Gasteiger partial charge in [0.05, 0.1) is 10.6 Å². The predicted octanol–water partition coefficient (Wildman–Crippen LogP) is 5.89. The molecule has 0 aliphatic rings. The van der Waals surface area contributed by atoms with Crippen molar-refractivity contribution in [3.05, 3.63) is 82.4 Å². The van der Waals surface area contributed by atoms with Crippen molar-refractivity contribution in [1.29, 1.82) is 0 Å². The minimum atomic E-state index is -0.374. The van der Waals surface area contributed by atoms with Gasteiger partial charge in [-0.1, -0.05) is 35.9 Å². The number of hydrogen-bond donors (Lipinski definition) is 2. The molecule has 4 aromatic rings. The van der Waals surface area contributed by atoms with Crippen LogP contribution >= 0.6 is 23.8 Å². The lowest BCUT2D eigenvalue weighted by atomic mass is 10.1. The largest absolute Gasteiger partial charge is 0.436 e. The van der Waals surface area contributed by atoms with E-state index in [1.807, 2.05) is 50.2 Å². The van der Waals surface area contributed by atoms with E-state index in [1.54, 1.807) is 24.3 Å². The number of hydrogen-bond acceptors (Lipinski definition) is 4. The van der Waals surface area contributed by atoms with E-state index >= 15 is 0 Å². The molecule has 7 heteroatoms. The summed E-state index contributed by atoms with van der Waals surface area (Å²) in [7, 11) is 0. The first-order valence-electron chi connectivity index (χ1n) is 9.26. The van der Waals surface area contributed by atoms with Gasteiger partial charge in [-0.25, -0.2) is 4.98 Å². The third kappa shape index (κ3) is 4.20. The quantitative estimate of drug-likeness (QED) is 0.392. The summed E-state index contributed by atoms with van der Waals surface area (Å²) in [6, 6.07) is 18.5. The van der Waals surface area contributed by atoms with E-state index in [1.165, 1.54) is 0 Å². The Morgan fingerprint density at radius 3 is 2.67 bits per heavy atom. The smallest absolute Gasteiger partial charge is 0.258 e. The third-order valence-electron chi connectivity index (χ3n) is 4.62. The second kappa shape index (κ2) is 8.26. The Morgan fingerprint density at radius 2 is 1.87 bits per heavy atom. The average Bonchev–Trinajstić information content (AvgIpc) is 3.13. The number of thiocarbonyl (C=S) groups is 1. The molecule has 2 N–H and O–H groups in total. The van der Waals surface area contributed by atoms with Crippen molar-refractivity contribution in [2.24, 2.45) is 0 Å². The molecule has 0 aliphatic carbocycles. The Balaban J connectivity index is 1.55. The lowest BCUT2D eigenvalue weighted by molar-refractivity contribution is 0.0978. The van der Waals surface area contributed by atoms with E-state index in [-0.39, 0.29) is 11.0 Å². The van der Waals surface area contributed by atoms with E-state index in [9.17, 15) is 4.79 Å². The van der Waals surface area contributed by atoms with Crippen LogP contribution in [0.15, 0.2) is 65.1 Å². The highest BCUT2D eigenvalue weighted by atomic mass is 35.5. The number of nitrogens with zero attached hydrogens (tertiary/aromatic N) is 1. The Labute approximate surface area is 184 Å². The summed E-state index contributed by atoms with van der Waals surface area (Å²) in [5.74, 6) is 0.144. The van der Waals surface area contributed by atoms with Gasteiger partial charge in [-0.05, 0) is 73.6 Å². The number of aryl methyl sites for hydroxylation is 2. The molecular formula is C23H18ClN3O2S. The zero-order chi connectivity index (χ0) is 21.3. The number of anilines is 1. The van der Waals surface area contributed by atoms with Gasteiger partial charge in [0.2, 0.25) is 5.89 Å². The number of halogens is 1. The van der Waals surface area contributed by atoms with Crippen LogP contribution in [0.2, 0.25) is 5.02 Å². The van der Waals surface area contributed by atoms with Crippen LogP contribution in [0.3, 0.4) is 0 Å². The van der Waals surface area contributed by atoms with Crippen LogP contribution in [-0.2, 0) is 0 Å². The van der Waals surface area contributed by atoms with Crippen molar-refractivity contribution < 1.29 is 9.21 Å². The van der Waals surface area contributed by atoms with Crippen LogP contribution in [0.1, 0.15) is 21.5 Å². The molecule has 1 aromatic heterocycles. The monoisotopic (exact) mass is 435 g/mol. The Hall–Kier alpha value is -3.22. The van der Waals surface area contributed by atoms with Gasteiger partial charge >= 0.3 is 0 Å². The van der Waals surface area contributed by atoms with E-state index in [4.69, 9.17) is 28.2 Å². The van der Waals surface area contributed by atoms with Gasteiger partial charge in [0.25, 0.3) is 5.91 Å². The fourth-order valence-electron chi connectivity index (χ4n) is 3.01.